The molecule has 4 nitrogen and oxygen atoms in total. The molecule has 0 aliphatic carbocycles. The fourth-order valence-corrected chi connectivity index (χ4v) is 3.67. The molecule has 0 spiro atoms. The Hall–Kier alpha value is -0.670. The lowest BCUT2D eigenvalue weighted by atomic mass is 10.3. The highest BCUT2D eigenvalue weighted by Crippen LogP contribution is 2.16. The van der Waals surface area contributed by atoms with Crippen molar-refractivity contribution in [2.45, 2.75) is 40.2 Å². The molecule has 0 unspecified atom stereocenters. The van der Waals surface area contributed by atoms with Crippen molar-refractivity contribution in [2.75, 3.05) is 13.1 Å². The van der Waals surface area contributed by atoms with Gasteiger partial charge in [0.1, 0.15) is 0 Å². The van der Waals surface area contributed by atoms with Crippen LogP contribution in [0.5, 0.6) is 0 Å². The molecule has 0 saturated carbocycles. The van der Waals surface area contributed by atoms with E-state index >= 15 is 0 Å². The van der Waals surface area contributed by atoms with Crippen molar-refractivity contribution in [1.29, 1.82) is 0 Å². The largest absolute Gasteiger partial charge is 0.357 e. The summed E-state index contributed by atoms with van der Waals surface area (Å²) in [7, 11) is 0. The summed E-state index contributed by atoms with van der Waals surface area (Å²) in [6.07, 6.45) is 2.09. The molecule has 2 heterocycles. The summed E-state index contributed by atoms with van der Waals surface area (Å²) in [6, 6.07) is 2.14. The topological polar surface area (TPSA) is 49.3 Å². The van der Waals surface area contributed by atoms with Crippen LogP contribution in [0.1, 0.15) is 34.5 Å². The van der Waals surface area contributed by atoms with Crippen LogP contribution in [0.4, 0.5) is 0 Å². The highest BCUT2D eigenvalue weighted by molar-refractivity contribution is 14.0. The Morgan fingerprint density at radius 1 is 1.26 bits per heavy atom. The molecule has 0 saturated heterocycles. The summed E-state index contributed by atoms with van der Waals surface area (Å²) in [5.41, 5.74) is 2.44. The monoisotopic (exact) mass is 464 g/mol. The van der Waals surface area contributed by atoms with Gasteiger partial charge in [0.15, 0.2) is 5.96 Å². The molecular weight excluding hydrogens is 439 g/mol. The van der Waals surface area contributed by atoms with Gasteiger partial charge < -0.3 is 10.6 Å². The summed E-state index contributed by atoms with van der Waals surface area (Å²) in [5.74, 6) is 0.894. The highest BCUT2D eigenvalue weighted by atomic mass is 127. The third-order valence-electron chi connectivity index (χ3n) is 3.22. The lowest BCUT2D eigenvalue weighted by molar-refractivity contribution is 0.741. The molecule has 2 N–H and O–H groups in total. The molecule has 0 fully saturated rings. The van der Waals surface area contributed by atoms with E-state index in [9.17, 15) is 0 Å². The molecule has 2 aromatic rings. The predicted molar refractivity (Wildman–Crippen MR) is 112 cm³/mol. The number of thiazole rings is 1. The molecule has 7 heteroatoms. The van der Waals surface area contributed by atoms with Crippen molar-refractivity contribution in [2.24, 2.45) is 4.99 Å². The van der Waals surface area contributed by atoms with Crippen molar-refractivity contribution in [1.82, 2.24) is 15.6 Å². The molecule has 0 aromatic carbocycles. The van der Waals surface area contributed by atoms with Crippen LogP contribution >= 0.6 is 46.7 Å². The Labute approximate surface area is 163 Å². The second kappa shape index (κ2) is 11.0. The standard InChI is InChI=1S/C16H24N4S2.HI/c1-4-17-16(19-10-14-12(2)7-9-21-14)18-8-5-6-15-20-13(3)11-22-15;/h7,9,11H,4-6,8,10H2,1-3H3,(H2,17,18,19);1H. The SMILES string of the molecule is CCNC(=NCc1sccc1C)NCCCc1nc(C)cs1.I. The maximum atomic E-state index is 4.66. The number of aryl methyl sites for hydroxylation is 3. The first-order valence-electron chi connectivity index (χ1n) is 7.65. The predicted octanol–water partition coefficient (Wildman–Crippen LogP) is 4.13. The lowest BCUT2D eigenvalue weighted by Crippen LogP contribution is -2.37. The van der Waals surface area contributed by atoms with E-state index in [0.29, 0.717) is 0 Å². The van der Waals surface area contributed by atoms with Crippen LogP contribution in [0, 0.1) is 13.8 Å². The van der Waals surface area contributed by atoms with E-state index in [4.69, 9.17) is 0 Å². The summed E-state index contributed by atoms with van der Waals surface area (Å²) in [5, 5.41) is 12.1. The number of halogens is 1. The Morgan fingerprint density at radius 2 is 2.09 bits per heavy atom. The van der Waals surface area contributed by atoms with Crippen molar-refractivity contribution < 1.29 is 0 Å². The van der Waals surface area contributed by atoms with Crippen LogP contribution < -0.4 is 10.6 Å². The molecule has 2 rings (SSSR count). The van der Waals surface area contributed by atoms with Gasteiger partial charge in [0.05, 0.1) is 11.6 Å². The molecule has 23 heavy (non-hydrogen) atoms. The minimum absolute atomic E-state index is 0. The van der Waals surface area contributed by atoms with Crippen molar-refractivity contribution in [3.8, 4) is 0 Å². The van der Waals surface area contributed by atoms with Crippen LogP contribution in [-0.2, 0) is 13.0 Å². The Balaban J connectivity index is 0.00000264. The molecule has 0 radical (unpaired) electrons. The number of hydrogen-bond donors (Lipinski definition) is 2. The normalized spacial score (nSPS) is 11.2. The van der Waals surface area contributed by atoms with Gasteiger partial charge in [-0.05, 0) is 44.2 Å². The Kier molecular flexibility index (Phi) is 9.73. The average molecular weight is 464 g/mol. The molecule has 0 atom stereocenters. The first-order valence-corrected chi connectivity index (χ1v) is 9.41. The highest BCUT2D eigenvalue weighted by Gasteiger charge is 2.02. The number of aliphatic imine (C=N–C) groups is 1. The molecule has 0 amide bonds. The third-order valence-corrected chi connectivity index (χ3v) is 5.25. The van der Waals surface area contributed by atoms with E-state index in [0.717, 1.165) is 44.1 Å². The van der Waals surface area contributed by atoms with Crippen LogP contribution in [0.2, 0.25) is 0 Å². The van der Waals surface area contributed by atoms with Gasteiger partial charge in [-0.1, -0.05) is 0 Å². The second-order valence-electron chi connectivity index (χ2n) is 5.13. The Bertz CT molecular complexity index is 607. The Morgan fingerprint density at radius 3 is 2.70 bits per heavy atom. The zero-order valence-electron chi connectivity index (χ0n) is 13.9. The fraction of sp³-hybridized carbons (Fsp3) is 0.500. The van der Waals surface area contributed by atoms with Crippen LogP contribution in [-0.4, -0.2) is 24.0 Å². The summed E-state index contributed by atoms with van der Waals surface area (Å²) >= 11 is 3.51. The summed E-state index contributed by atoms with van der Waals surface area (Å²) in [4.78, 5) is 10.5. The summed E-state index contributed by atoms with van der Waals surface area (Å²) < 4.78 is 0. The van der Waals surface area contributed by atoms with Crippen molar-refractivity contribution in [3.05, 3.63) is 38.0 Å². The van der Waals surface area contributed by atoms with Crippen LogP contribution in [0.25, 0.3) is 0 Å². The third kappa shape index (κ3) is 7.17. The van der Waals surface area contributed by atoms with Crippen molar-refractivity contribution in [3.63, 3.8) is 0 Å². The lowest BCUT2D eigenvalue weighted by Gasteiger charge is -2.10. The number of rotatable bonds is 7. The van der Waals surface area contributed by atoms with Gasteiger partial charge in [-0.25, -0.2) is 9.98 Å². The van der Waals surface area contributed by atoms with Gasteiger partial charge >= 0.3 is 0 Å². The molecule has 128 valence electrons. The number of aromatic nitrogens is 1. The van der Waals surface area contributed by atoms with Crippen LogP contribution in [0.3, 0.4) is 0 Å². The van der Waals surface area contributed by atoms with E-state index in [2.05, 4.69) is 51.3 Å². The zero-order valence-corrected chi connectivity index (χ0v) is 17.9. The van der Waals surface area contributed by atoms with Gasteiger partial charge in [-0.3, -0.25) is 0 Å². The van der Waals surface area contributed by atoms with E-state index in [1.54, 1.807) is 22.7 Å². The number of nitrogens with one attached hydrogen (secondary N) is 2. The molecule has 0 aliphatic rings. The fourth-order valence-electron chi connectivity index (χ4n) is 2.02. The van der Waals surface area contributed by atoms with E-state index in [1.165, 1.54) is 15.4 Å². The first kappa shape index (κ1) is 20.4. The minimum Gasteiger partial charge on any atom is -0.357 e. The van der Waals surface area contributed by atoms with Crippen LogP contribution in [0.15, 0.2) is 21.8 Å². The minimum atomic E-state index is 0. The molecule has 2 aromatic heterocycles. The van der Waals surface area contributed by atoms with Gasteiger partial charge in [-0.2, -0.15) is 0 Å². The smallest absolute Gasteiger partial charge is 0.191 e. The first-order chi connectivity index (χ1) is 10.7. The van der Waals surface area contributed by atoms with Gasteiger partial charge in [0.2, 0.25) is 0 Å². The molecule has 0 aliphatic heterocycles. The summed E-state index contributed by atoms with van der Waals surface area (Å²) in [6.45, 7) is 8.80. The maximum Gasteiger partial charge on any atom is 0.191 e. The van der Waals surface area contributed by atoms with Crippen molar-refractivity contribution >= 4 is 52.6 Å². The second-order valence-corrected chi connectivity index (χ2v) is 7.08. The maximum absolute atomic E-state index is 4.66. The number of nitrogens with zero attached hydrogens (tertiary/aromatic N) is 2. The van der Waals surface area contributed by atoms with Gasteiger partial charge in [0.25, 0.3) is 0 Å². The van der Waals surface area contributed by atoms with E-state index in [-0.39, 0.29) is 24.0 Å². The average Bonchev–Trinajstić information content (AvgIpc) is 3.09. The number of hydrogen-bond acceptors (Lipinski definition) is 4. The zero-order chi connectivity index (χ0) is 15.8. The molecular formula is C16H25IN4S2. The quantitative estimate of drug-likeness (QED) is 0.281. The number of guanidine groups is 1. The molecule has 0 bridgehead atoms. The van der Waals surface area contributed by atoms with E-state index in [1.807, 2.05) is 6.92 Å². The van der Waals surface area contributed by atoms with E-state index < -0.39 is 0 Å². The number of thiophene rings is 1. The van der Waals surface area contributed by atoms with Gasteiger partial charge in [0, 0.05) is 35.5 Å². The van der Waals surface area contributed by atoms with Gasteiger partial charge in [-0.15, -0.1) is 46.7 Å².